The standard InChI is InChI=1S/C16H17F2N7/c1-19-10-4-5-24(8-10)15-6-12(21-9-22-15)13-7-20-14-3-2-11(16(17)18)23-25(13)14/h2-3,6-7,9-10,16,19H,4-5,8H2,1H3. The number of alkyl halides is 2. The quantitative estimate of drug-likeness (QED) is 0.779. The monoisotopic (exact) mass is 345 g/mol. The molecule has 1 N–H and O–H groups in total. The molecular formula is C16H17F2N7. The summed E-state index contributed by atoms with van der Waals surface area (Å²) < 4.78 is 27.3. The van der Waals surface area contributed by atoms with Crippen molar-refractivity contribution in [2.24, 2.45) is 0 Å². The first-order valence-electron chi connectivity index (χ1n) is 8.03. The molecule has 0 saturated carbocycles. The molecule has 0 amide bonds. The smallest absolute Gasteiger partial charge is 0.282 e. The molecule has 9 heteroatoms. The Morgan fingerprint density at radius 2 is 2.12 bits per heavy atom. The van der Waals surface area contributed by atoms with E-state index in [1.54, 1.807) is 6.20 Å². The summed E-state index contributed by atoms with van der Waals surface area (Å²) in [7, 11) is 1.95. The van der Waals surface area contributed by atoms with Crippen LogP contribution in [0.2, 0.25) is 0 Å². The summed E-state index contributed by atoms with van der Waals surface area (Å²) >= 11 is 0. The van der Waals surface area contributed by atoms with E-state index in [4.69, 9.17) is 0 Å². The van der Waals surface area contributed by atoms with E-state index in [-0.39, 0.29) is 5.69 Å². The Morgan fingerprint density at radius 3 is 2.88 bits per heavy atom. The summed E-state index contributed by atoms with van der Waals surface area (Å²) in [6.07, 6.45) is 1.48. The number of imidazole rings is 1. The van der Waals surface area contributed by atoms with E-state index in [2.05, 4.69) is 30.3 Å². The Balaban J connectivity index is 1.71. The summed E-state index contributed by atoms with van der Waals surface area (Å²) in [4.78, 5) is 15.0. The Hall–Kier alpha value is -2.68. The SMILES string of the molecule is CNC1CCN(c2cc(-c3cnc4ccc(C(F)F)nn34)ncn2)C1. The predicted octanol–water partition coefficient (Wildman–Crippen LogP) is 1.92. The number of hydrogen-bond acceptors (Lipinski definition) is 6. The number of rotatable bonds is 4. The molecule has 3 aromatic heterocycles. The molecule has 0 aliphatic carbocycles. The van der Waals surface area contributed by atoms with Crippen molar-refractivity contribution >= 4 is 11.5 Å². The fourth-order valence-electron chi connectivity index (χ4n) is 3.04. The maximum absolute atomic E-state index is 12.9. The average molecular weight is 345 g/mol. The summed E-state index contributed by atoms with van der Waals surface area (Å²) in [6, 6.07) is 5.09. The molecule has 7 nitrogen and oxygen atoms in total. The van der Waals surface area contributed by atoms with Crippen LogP contribution in [0.15, 0.2) is 30.7 Å². The van der Waals surface area contributed by atoms with Gasteiger partial charge in [0, 0.05) is 25.2 Å². The van der Waals surface area contributed by atoms with Gasteiger partial charge in [-0.05, 0) is 25.6 Å². The van der Waals surface area contributed by atoms with Gasteiger partial charge in [-0.15, -0.1) is 0 Å². The number of nitrogens with one attached hydrogen (secondary N) is 1. The van der Waals surface area contributed by atoms with Gasteiger partial charge in [0.05, 0.1) is 11.9 Å². The molecule has 4 heterocycles. The Morgan fingerprint density at radius 1 is 1.24 bits per heavy atom. The van der Waals surface area contributed by atoms with E-state index in [9.17, 15) is 8.78 Å². The number of likely N-dealkylation sites (N-methyl/N-ethyl adjacent to an activating group) is 1. The fourth-order valence-corrected chi connectivity index (χ4v) is 3.04. The highest BCUT2D eigenvalue weighted by atomic mass is 19.3. The van der Waals surface area contributed by atoms with Crippen LogP contribution in [0.1, 0.15) is 18.5 Å². The van der Waals surface area contributed by atoms with Crippen molar-refractivity contribution in [3.05, 3.63) is 36.4 Å². The maximum atomic E-state index is 12.9. The summed E-state index contributed by atoms with van der Waals surface area (Å²) in [5, 5.41) is 7.25. The number of fused-ring (bicyclic) bond motifs is 1. The van der Waals surface area contributed by atoms with Gasteiger partial charge in [-0.2, -0.15) is 5.10 Å². The second-order valence-electron chi connectivity index (χ2n) is 5.95. The minimum atomic E-state index is -2.64. The van der Waals surface area contributed by atoms with Gasteiger partial charge < -0.3 is 10.2 Å². The molecule has 4 rings (SSSR count). The molecule has 1 fully saturated rings. The van der Waals surface area contributed by atoms with Crippen molar-refractivity contribution in [2.45, 2.75) is 18.9 Å². The fraction of sp³-hybridized carbons (Fsp3) is 0.375. The topological polar surface area (TPSA) is 71.2 Å². The number of halogens is 2. The zero-order valence-electron chi connectivity index (χ0n) is 13.6. The molecular weight excluding hydrogens is 328 g/mol. The van der Waals surface area contributed by atoms with Crippen LogP contribution in [-0.2, 0) is 0 Å². The summed E-state index contributed by atoms with van der Waals surface area (Å²) in [5.41, 5.74) is 1.36. The largest absolute Gasteiger partial charge is 0.355 e. The second kappa shape index (κ2) is 6.32. The zero-order chi connectivity index (χ0) is 17.4. The van der Waals surface area contributed by atoms with E-state index in [0.717, 1.165) is 25.3 Å². The lowest BCUT2D eigenvalue weighted by molar-refractivity contribution is 0.144. The first-order chi connectivity index (χ1) is 12.2. The van der Waals surface area contributed by atoms with Crippen LogP contribution < -0.4 is 10.2 Å². The van der Waals surface area contributed by atoms with Crippen LogP contribution in [0, 0.1) is 0 Å². The van der Waals surface area contributed by atoms with Crippen molar-refractivity contribution in [1.29, 1.82) is 0 Å². The molecule has 0 bridgehead atoms. The third-order valence-electron chi connectivity index (χ3n) is 4.44. The van der Waals surface area contributed by atoms with Crippen molar-refractivity contribution in [3.63, 3.8) is 0 Å². The second-order valence-corrected chi connectivity index (χ2v) is 5.95. The lowest BCUT2D eigenvalue weighted by Crippen LogP contribution is -2.29. The van der Waals surface area contributed by atoms with Crippen LogP contribution in [0.3, 0.4) is 0 Å². The van der Waals surface area contributed by atoms with Crippen molar-refractivity contribution in [3.8, 4) is 11.4 Å². The van der Waals surface area contributed by atoms with E-state index >= 15 is 0 Å². The lowest BCUT2D eigenvalue weighted by atomic mass is 10.3. The highest BCUT2D eigenvalue weighted by Gasteiger charge is 2.23. The van der Waals surface area contributed by atoms with E-state index < -0.39 is 6.43 Å². The minimum absolute atomic E-state index is 0.294. The molecule has 3 aromatic rings. The van der Waals surface area contributed by atoms with Gasteiger partial charge in [0.15, 0.2) is 5.65 Å². The number of nitrogens with zero attached hydrogens (tertiary/aromatic N) is 6. The number of anilines is 1. The van der Waals surface area contributed by atoms with Crippen LogP contribution >= 0.6 is 0 Å². The molecule has 0 radical (unpaired) electrons. The maximum Gasteiger partial charge on any atom is 0.282 e. The lowest BCUT2D eigenvalue weighted by Gasteiger charge is -2.17. The normalized spacial score (nSPS) is 17.8. The highest BCUT2D eigenvalue weighted by Crippen LogP contribution is 2.25. The Bertz CT molecular complexity index is 895. The van der Waals surface area contributed by atoms with E-state index in [1.807, 2.05) is 13.1 Å². The van der Waals surface area contributed by atoms with Gasteiger partial charge in [0.1, 0.15) is 23.5 Å². The van der Waals surface area contributed by atoms with E-state index in [1.165, 1.54) is 23.0 Å². The van der Waals surface area contributed by atoms with Crippen molar-refractivity contribution in [2.75, 3.05) is 25.0 Å². The first kappa shape index (κ1) is 15.8. The third kappa shape index (κ3) is 2.91. The van der Waals surface area contributed by atoms with Gasteiger partial charge in [-0.25, -0.2) is 28.2 Å². The van der Waals surface area contributed by atoms with E-state index in [0.29, 0.717) is 23.1 Å². The van der Waals surface area contributed by atoms with Gasteiger partial charge in [-0.3, -0.25) is 0 Å². The van der Waals surface area contributed by atoms with Gasteiger partial charge in [0.25, 0.3) is 6.43 Å². The molecule has 1 unspecified atom stereocenters. The Kier molecular flexibility index (Phi) is 4.00. The minimum Gasteiger partial charge on any atom is -0.355 e. The molecule has 1 saturated heterocycles. The zero-order valence-corrected chi connectivity index (χ0v) is 13.6. The predicted molar refractivity (Wildman–Crippen MR) is 88.6 cm³/mol. The molecule has 1 aliphatic rings. The third-order valence-corrected chi connectivity index (χ3v) is 4.44. The van der Waals surface area contributed by atoms with Gasteiger partial charge in [-0.1, -0.05) is 0 Å². The number of aromatic nitrogens is 5. The van der Waals surface area contributed by atoms with Gasteiger partial charge in [0.2, 0.25) is 0 Å². The number of hydrogen-bond donors (Lipinski definition) is 1. The molecule has 0 spiro atoms. The summed E-state index contributed by atoms with van der Waals surface area (Å²) in [6.45, 7) is 1.77. The van der Waals surface area contributed by atoms with Crippen molar-refractivity contribution < 1.29 is 8.78 Å². The van der Waals surface area contributed by atoms with Crippen LogP contribution in [0.25, 0.3) is 17.0 Å². The Labute approximate surface area is 142 Å². The molecule has 130 valence electrons. The molecule has 1 aliphatic heterocycles. The van der Waals surface area contributed by atoms with Crippen LogP contribution in [-0.4, -0.2) is 50.7 Å². The van der Waals surface area contributed by atoms with Crippen molar-refractivity contribution in [1.82, 2.24) is 29.9 Å². The van der Waals surface area contributed by atoms with Crippen LogP contribution in [0.4, 0.5) is 14.6 Å². The first-order valence-corrected chi connectivity index (χ1v) is 8.03. The summed E-state index contributed by atoms with van der Waals surface area (Å²) in [5.74, 6) is 0.808. The van der Waals surface area contributed by atoms with Crippen LogP contribution in [0.5, 0.6) is 0 Å². The molecule has 0 aromatic carbocycles. The highest BCUT2D eigenvalue weighted by molar-refractivity contribution is 5.62. The average Bonchev–Trinajstić information content (AvgIpc) is 3.28. The molecule has 1 atom stereocenters. The van der Waals surface area contributed by atoms with Gasteiger partial charge >= 0.3 is 0 Å². The molecule has 25 heavy (non-hydrogen) atoms.